The summed E-state index contributed by atoms with van der Waals surface area (Å²) in [5, 5.41) is 9.57. The minimum atomic E-state index is -0.892. The van der Waals surface area contributed by atoms with Crippen molar-refractivity contribution >= 4 is 17.9 Å². The van der Waals surface area contributed by atoms with Crippen molar-refractivity contribution in [2.45, 2.75) is 148 Å². The van der Waals surface area contributed by atoms with Gasteiger partial charge in [0.2, 0.25) is 0 Å². The molecule has 0 aromatic heterocycles. The SMILES string of the molecule is CC/C=C/C/C=C/C/C=C/CCCCCCCCCCCC(=O)OCC(COCCC(C(=O)O)[N+](C)(C)C)OC(=O)C/C=C/C/C=C/C/C=C/CC. The second-order valence-electron chi connectivity index (χ2n) is 14.1. The number of carboxylic acids is 1. The van der Waals surface area contributed by atoms with Crippen LogP contribution in [0.2, 0.25) is 0 Å². The highest BCUT2D eigenvalue weighted by atomic mass is 16.6. The molecule has 0 aliphatic rings. The maximum atomic E-state index is 12.5. The van der Waals surface area contributed by atoms with Gasteiger partial charge in [-0.1, -0.05) is 132 Å². The fourth-order valence-electron chi connectivity index (χ4n) is 5.34. The number of nitrogens with zero attached hydrogens (tertiary/aromatic N) is 1. The predicted molar refractivity (Wildman–Crippen MR) is 215 cm³/mol. The van der Waals surface area contributed by atoms with Crippen molar-refractivity contribution in [3.63, 3.8) is 0 Å². The van der Waals surface area contributed by atoms with E-state index in [9.17, 15) is 19.5 Å². The first-order valence-corrected chi connectivity index (χ1v) is 20.0. The van der Waals surface area contributed by atoms with E-state index in [2.05, 4.69) is 74.6 Å². The Morgan fingerprint density at radius 1 is 0.596 bits per heavy atom. The van der Waals surface area contributed by atoms with Crippen molar-refractivity contribution in [3.05, 3.63) is 72.9 Å². The molecule has 0 fully saturated rings. The highest BCUT2D eigenvalue weighted by Crippen LogP contribution is 2.13. The molecular weight excluding hydrogens is 654 g/mol. The van der Waals surface area contributed by atoms with Crippen molar-refractivity contribution in [1.29, 1.82) is 0 Å². The zero-order valence-electron chi connectivity index (χ0n) is 33.5. The Morgan fingerprint density at radius 2 is 1.08 bits per heavy atom. The van der Waals surface area contributed by atoms with Crippen LogP contribution in [0.5, 0.6) is 0 Å². The molecule has 0 saturated carbocycles. The first-order valence-electron chi connectivity index (χ1n) is 20.0. The monoisotopic (exact) mass is 729 g/mol. The second kappa shape index (κ2) is 34.8. The smallest absolute Gasteiger partial charge is 0.362 e. The molecule has 2 atom stereocenters. The standard InChI is InChI=1S/C44H73NO7/c1-6-8-10-12-14-16-17-18-19-20-21-22-23-24-25-27-28-30-32-34-42(46)51-39-40(38-50-37-36-41(44(48)49)45(3,4)5)52-43(47)35-33-31-29-26-15-13-11-9-7-2/h8-11,14-16,18-19,26,31,33,40-41H,6-7,12-13,17,20-25,27-30,32,34-39H2,1-5H3/p+1/b10-8+,11-9+,16-14+,19-18+,26-15+,33-31+. The van der Waals surface area contributed by atoms with E-state index >= 15 is 0 Å². The lowest BCUT2D eigenvalue weighted by atomic mass is 10.1. The fourth-order valence-corrected chi connectivity index (χ4v) is 5.34. The van der Waals surface area contributed by atoms with Crippen molar-refractivity contribution in [2.75, 3.05) is 41.0 Å². The number of carbonyl (C=O) groups is 3. The van der Waals surface area contributed by atoms with Gasteiger partial charge in [0.25, 0.3) is 0 Å². The number of rotatable bonds is 34. The van der Waals surface area contributed by atoms with E-state index in [0.29, 0.717) is 12.8 Å². The van der Waals surface area contributed by atoms with E-state index in [0.717, 1.165) is 64.2 Å². The van der Waals surface area contributed by atoms with Gasteiger partial charge in [0.15, 0.2) is 12.1 Å². The topological polar surface area (TPSA) is 99.1 Å². The van der Waals surface area contributed by atoms with Gasteiger partial charge in [-0.15, -0.1) is 0 Å². The number of aliphatic carboxylic acids is 1. The Morgan fingerprint density at radius 3 is 1.60 bits per heavy atom. The van der Waals surface area contributed by atoms with E-state index in [1.807, 2.05) is 27.2 Å². The zero-order valence-corrected chi connectivity index (χ0v) is 33.5. The van der Waals surface area contributed by atoms with Gasteiger partial charge >= 0.3 is 17.9 Å². The van der Waals surface area contributed by atoms with E-state index in [4.69, 9.17) is 14.2 Å². The Labute approximate surface area is 317 Å². The normalized spacial score (nSPS) is 13.8. The number of carboxylic acid groups (broad SMARTS) is 1. The lowest BCUT2D eigenvalue weighted by Gasteiger charge is -2.31. The lowest BCUT2D eigenvalue weighted by molar-refractivity contribution is -0.887. The molecule has 0 saturated heterocycles. The minimum Gasteiger partial charge on any atom is -0.477 e. The quantitative estimate of drug-likeness (QED) is 0.0305. The van der Waals surface area contributed by atoms with Crippen molar-refractivity contribution in [1.82, 2.24) is 0 Å². The number of ether oxygens (including phenoxy) is 3. The van der Waals surface area contributed by atoms with Crippen LogP contribution in [0.15, 0.2) is 72.9 Å². The highest BCUT2D eigenvalue weighted by molar-refractivity contribution is 5.72. The summed E-state index contributed by atoms with van der Waals surface area (Å²) >= 11 is 0. The summed E-state index contributed by atoms with van der Waals surface area (Å²) in [7, 11) is 5.48. The average Bonchev–Trinajstić information content (AvgIpc) is 3.09. The Bertz CT molecular complexity index is 1080. The van der Waals surface area contributed by atoms with Crippen LogP contribution in [-0.4, -0.2) is 80.6 Å². The van der Waals surface area contributed by atoms with Gasteiger partial charge in [0.05, 0.1) is 40.8 Å². The van der Waals surface area contributed by atoms with Crippen LogP contribution < -0.4 is 0 Å². The maximum Gasteiger partial charge on any atom is 0.362 e. The Balaban J connectivity index is 4.36. The molecule has 0 heterocycles. The molecule has 1 N–H and O–H groups in total. The molecule has 52 heavy (non-hydrogen) atoms. The Hall–Kier alpha value is -3.23. The van der Waals surface area contributed by atoms with Crippen LogP contribution in [0.3, 0.4) is 0 Å². The molecule has 2 unspecified atom stereocenters. The van der Waals surface area contributed by atoms with Crippen LogP contribution >= 0.6 is 0 Å². The number of hydrogen-bond donors (Lipinski definition) is 1. The average molecular weight is 729 g/mol. The summed E-state index contributed by atoms with van der Waals surface area (Å²) in [5.41, 5.74) is 0. The zero-order chi connectivity index (χ0) is 38.5. The van der Waals surface area contributed by atoms with Crippen LogP contribution in [0.1, 0.15) is 136 Å². The third-order valence-corrected chi connectivity index (χ3v) is 8.38. The molecule has 0 rings (SSSR count). The first kappa shape index (κ1) is 48.8. The number of allylic oxidation sites excluding steroid dienone is 11. The molecule has 0 amide bonds. The number of esters is 2. The molecular formula is C44H74NO7+. The minimum absolute atomic E-state index is 0.0198. The molecule has 0 aromatic carbocycles. The van der Waals surface area contributed by atoms with E-state index < -0.39 is 24.1 Å². The summed E-state index contributed by atoms with van der Waals surface area (Å²) in [5.74, 6) is -1.64. The number of hydrogen-bond acceptors (Lipinski definition) is 6. The first-order chi connectivity index (χ1) is 25.1. The maximum absolute atomic E-state index is 12.5. The van der Waals surface area contributed by atoms with Crippen molar-refractivity contribution in [2.24, 2.45) is 0 Å². The van der Waals surface area contributed by atoms with Crippen molar-refractivity contribution < 1.29 is 38.2 Å². The number of unbranched alkanes of at least 4 members (excludes halogenated alkanes) is 9. The van der Waals surface area contributed by atoms with Crippen molar-refractivity contribution in [3.8, 4) is 0 Å². The molecule has 8 nitrogen and oxygen atoms in total. The molecule has 0 aliphatic heterocycles. The van der Waals surface area contributed by atoms with Gasteiger partial charge < -0.3 is 23.8 Å². The summed E-state index contributed by atoms with van der Waals surface area (Å²) in [6.07, 6.45) is 42.8. The molecule has 296 valence electrons. The molecule has 0 bridgehead atoms. The van der Waals surface area contributed by atoms with E-state index in [1.165, 1.54) is 38.5 Å². The molecule has 0 spiro atoms. The summed E-state index contributed by atoms with van der Waals surface area (Å²) in [6, 6.07) is -0.630. The van der Waals surface area contributed by atoms with E-state index in [1.54, 1.807) is 6.08 Å². The predicted octanol–water partition coefficient (Wildman–Crippen LogP) is 10.4. The molecule has 8 heteroatoms. The number of quaternary nitrogens is 1. The van der Waals surface area contributed by atoms with Gasteiger partial charge in [-0.3, -0.25) is 9.59 Å². The lowest BCUT2D eigenvalue weighted by Crippen LogP contribution is -2.50. The van der Waals surface area contributed by atoms with Crippen LogP contribution in [0.25, 0.3) is 0 Å². The van der Waals surface area contributed by atoms with Gasteiger partial charge in [0, 0.05) is 12.8 Å². The third-order valence-electron chi connectivity index (χ3n) is 8.38. The fraction of sp³-hybridized carbons (Fsp3) is 0.659. The largest absolute Gasteiger partial charge is 0.477 e. The van der Waals surface area contributed by atoms with Crippen LogP contribution in [0.4, 0.5) is 0 Å². The van der Waals surface area contributed by atoms with Gasteiger partial charge in [-0.2, -0.15) is 0 Å². The number of likely N-dealkylation sites (N-methyl/N-ethyl adjacent to an activating group) is 1. The van der Waals surface area contributed by atoms with Gasteiger partial charge in [-0.05, 0) is 57.8 Å². The third kappa shape index (κ3) is 32.7. The molecule has 0 aliphatic carbocycles. The van der Waals surface area contributed by atoms with Gasteiger partial charge in [-0.25, -0.2) is 4.79 Å². The van der Waals surface area contributed by atoms with E-state index in [-0.39, 0.29) is 36.7 Å². The van der Waals surface area contributed by atoms with Crippen LogP contribution in [-0.2, 0) is 28.6 Å². The Kier molecular flexibility index (Phi) is 32.7. The highest BCUT2D eigenvalue weighted by Gasteiger charge is 2.31. The summed E-state index contributed by atoms with van der Waals surface area (Å²) in [4.78, 5) is 36.7. The summed E-state index contributed by atoms with van der Waals surface area (Å²) < 4.78 is 17.1. The molecule has 0 radical (unpaired) electrons. The molecule has 0 aromatic rings. The number of carbonyl (C=O) groups excluding carboxylic acids is 2. The summed E-state index contributed by atoms with van der Waals surface area (Å²) in [6.45, 7) is 4.36. The van der Waals surface area contributed by atoms with Crippen LogP contribution in [0, 0.1) is 0 Å². The second-order valence-corrected chi connectivity index (χ2v) is 14.1. The van der Waals surface area contributed by atoms with Gasteiger partial charge in [0.1, 0.15) is 6.61 Å².